The third-order valence-electron chi connectivity index (χ3n) is 5.48. The number of piperidine rings is 1. The van der Waals surface area contributed by atoms with E-state index in [2.05, 4.69) is 11.4 Å². The van der Waals surface area contributed by atoms with E-state index in [1.165, 1.54) is 0 Å². The number of carbonyl (C=O) groups excluding carboxylic acids is 1. The lowest BCUT2D eigenvalue weighted by Gasteiger charge is -2.37. The molecule has 1 fully saturated rings. The number of nitriles is 1. The summed E-state index contributed by atoms with van der Waals surface area (Å²) in [5, 5.41) is 15.0. The van der Waals surface area contributed by atoms with Crippen molar-refractivity contribution in [2.45, 2.75) is 18.3 Å². The lowest BCUT2D eigenvalue weighted by atomic mass is 9.74. The lowest BCUT2D eigenvalue weighted by Crippen LogP contribution is -2.46. The number of anilines is 1. The maximum Gasteiger partial charge on any atom is 0.321 e. The molecule has 2 amide bonds. The second kappa shape index (κ2) is 7.13. The van der Waals surface area contributed by atoms with Crippen LogP contribution >= 0.6 is 0 Å². The Bertz CT molecular complexity index is 994. The first-order valence-electron chi connectivity index (χ1n) is 9.22. The fourth-order valence-corrected chi connectivity index (χ4v) is 3.84. The van der Waals surface area contributed by atoms with Gasteiger partial charge in [-0.2, -0.15) is 5.26 Å². The van der Waals surface area contributed by atoms with Crippen molar-refractivity contribution >= 4 is 22.5 Å². The van der Waals surface area contributed by atoms with Gasteiger partial charge in [0, 0.05) is 18.5 Å². The van der Waals surface area contributed by atoms with Gasteiger partial charge in [0.05, 0.1) is 17.2 Å². The number of rotatable bonds is 2. The van der Waals surface area contributed by atoms with Crippen molar-refractivity contribution in [3.8, 4) is 6.07 Å². The van der Waals surface area contributed by atoms with Crippen LogP contribution < -0.4 is 5.32 Å². The lowest BCUT2D eigenvalue weighted by molar-refractivity contribution is 0.183. The van der Waals surface area contributed by atoms with E-state index in [0.29, 0.717) is 25.9 Å². The minimum atomic E-state index is -0.502. The van der Waals surface area contributed by atoms with Crippen molar-refractivity contribution < 1.29 is 4.79 Å². The van der Waals surface area contributed by atoms with Crippen molar-refractivity contribution in [3.63, 3.8) is 0 Å². The highest BCUT2D eigenvalue weighted by molar-refractivity contribution is 6.01. The summed E-state index contributed by atoms with van der Waals surface area (Å²) in [5.41, 5.74) is 1.36. The van der Waals surface area contributed by atoms with E-state index in [-0.39, 0.29) is 6.03 Å². The molecular formula is C23H21N3O. The SMILES string of the molecule is N#CC1(c2ccccc2)CCN(C(=O)Nc2cccc3ccccc23)CC1. The second-order valence-corrected chi connectivity index (χ2v) is 7.00. The van der Waals surface area contributed by atoms with Crippen molar-refractivity contribution in [2.24, 2.45) is 0 Å². The molecule has 0 bridgehead atoms. The van der Waals surface area contributed by atoms with Gasteiger partial charge in [0.25, 0.3) is 0 Å². The summed E-state index contributed by atoms with van der Waals surface area (Å²) in [6.07, 6.45) is 1.30. The topological polar surface area (TPSA) is 56.1 Å². The number of hydrogen-bond acceptors (Lipinski definition) is 2. The molecule has 1 N–H and O–H groups in total. The van der Waals surface area contributed by atoms with E-state index < -0.39 is 5.41 Å². The van der Waals surface area contributed by atoms with Crippen LogP contribution in [0.25, 0.3) is 10.8 Å². The summed E-state index contributed by atoms with van der Waals surface area (Å²) >= 11 is 0. The molecule has 0 spiro atoms. The fraction of sp³-hybridized carbons (Fsp3) is 0.217. The number of urea groups is 1. The third-order valence-corrected chi connectivity index (χ3v) is 5.48. The number of fused-ring (bicyclic) bond motifs is 1. The van der Waals surface area contributed by atoms with Crippen LogP contribution in [-0.2, 0) is 5.41 Å². The Hall–Kier alpha value is -3.32. The van der Waals surface area contributed by atoms with E-state index in [9.17, 15) is 10.1 Å². The largest absolute Gasteiger partial charge is 0.324 e. The number of hydrogen-bond donors (Lipinski definition) is 1. The summed E-state index contributed by atoms with van der Waals surface area (Å²) in [7, 11) is 0. The number of likely N-dealkylation sites (tertiary alicyclic amines) is 1. The van der Waals surface area contributed by atoms with Crippen LogP contribution in [0.1, 0.15) is 18.4 Å². The number of carbonyl (C=O) groups is 1. The predicted molar refractivity (Wildman–Crippen MR) is 108 cm³/mol. The van der Waals surface area contributed by atoms with Gasteiger partial charge in [-0.05, 0) is 29.9 Å². The van der Waals surface area contributed by atoms with Crippen LogP contribution in [0.2, 0.25) is 0 Å². The minimum absolute atomic E-state index is 0.106. The van der Waals surface area contributed by atoms with E-state index >= 15 is 0 Å². The molecule has 0 aromatic heterocycles. The summed E-state index contributed by atoms with van der Waals surface area (Å²) in [6, 6.07) is 26.2. The summed E-state index contributed by atoms with van der Waals surface area (Å²) < 4.78 is 0. The monoisotopic (exact) mass is 355 g/mol. The Balaban J connectivity index is 1.48. The van der Waals surface area contributed by atoms with E-state index in [4.69, 9.17) is 0 Å². The molecule has 1 heterocycles. The van der Waals surface area contributed by atoms with Crippen LogP contribution in [0.3, 0.4) is 0 Å². The van der Waals surface area contributed by atoms with Crippen molar-refractivity contribution in [3.05, 3.63) is 78.4 Å². The van der Waals surface area contributed by atoms with Crippen LogP contribution in [-0.4, -0.2) is 24.0 Å². The average Bonchev–Trinajstić information content (AvgIpc) is 2.74. The Morgan fingerprint density at radius 1 is 0.926 bits per heavy atom. The fourth-order valence-electron chi connectivity index (χ4n) is 3.84. The zero-order chi connectivity index (χ0) is 18.7. The molecule has 0 atom stereocenters. The Morgan fingerprint density at radius 2 is 1.59 bits per heavy atom. The smallest absolute Gasteiger partial charge is 0.321 e. The second-order valence-electron chi connectivity index (χ2n) is 7.00. The van der Waals surface area contributed by atoms with Crippen molar-refractivity contribution in [2.75, 3.05) is 18.4 Å². The normalized spacial score (nSPS) is 15.9. The molecule has 1 aliphatic rings. The highest BCUT2D eigenvalue weighted by Crippen LogP contribution is 2.35. The first-order chi connectivity index (χ1) is 13.2. The molecule has 3 aromatic carbocycles. The van der Waals surface area contributed by atoms with Gasteiger partial charge in [-0.1, -0.05) is 66.7 Å². The third kappa shape index (κ3) is 3.24. The molecule has 27 heavy (non-hydrogen) atoms. The molecule has 0 radical (unpaired) electrons. The average molecular weight is 355 g/mol. The van der Waals surface area contributed by atoms with Crippen LogP contribution in [0.15, 0.2) is 72.8 Å². The standard InChI is InChI=1S/C23H21N3O/c24-17-23(19-9-2-1-3-10-19)13-15-26(16-14-23)22(27)25-21-12-6-8-18-7-4-5-11-20(18)21/h1-12H,13-16H2,(H,25,27). The summed E-state index contributed by atoms with van der Waals surface area (Å²) in [6.45, 7) is 1.14. The van der Waals surface area contributed by atoms with Crippen LogP contribution in [0, 0.1) is 11.3 Å². The van der Waals surface area contributed by atoms with Gasteiger partial charge < -0.3 is 10.2 Å². The zero-order valence-electron chi connectivity index (χ0n) is 15.1. The van der Waals surface area contributed by atoms with E-state index in [1.807, 2.05) is 72.8 Å². The van der Waals surface area contributed by atoms with Gasteiger partial charge >= 0.3 is 6.03 Å². The van der Waals surface area contributed by atoms with Gasteiger partial charge in [-0.15, -0.1) is 0 Å². The molecule has 0 aliphatic carbocycles. The number of benzene rings is 3. The summed E-state index contributed by atoms with van der Waals surface area (Å²) in [5.74, 6) is 0. The molecule has 0 saturated carbocycles. The molecule has 1 aliphatic heterocycles. The summed E-state index contributed by atoms with van der Waals surface area (Å²) in [4.78, 5) is 14.6. The quantitative estimate of drug-likeness (QED) is 0.709. The molecule has 134 valence electrons. The van der Waals surface area contributed by atoms with Gasteiger partial charge in [-0.3, -0.25) is 0 Å². The Labute approximate surface area is 159 Å². The van der Waals surface area contributed by atoms with Crippen molar-refractivity contribution in [1.82, 2.24) is 4.90 Å². The number of nitrogens with one attached hydrogen (secondary N) is 1. The van der Waals surface area contributed by atoms with E-state index in [1.54, 1.807) is 4.90 Å². The molecule has 1 saturated heterocycles. The van der Waals surface area contributed by atoms with Gasteiger partial charge in [0.1, 0.15) is 0 Å². The molecular weight excluding hydrogens is 334 g/mol. The maximum absolute atomic E-state index is 12.8. The zero-order valence-corrected chi connectivity index (χ0v) is 15.1. The highest BCUT2D eigenvalue weighted by atomic mass is 16.2. The first kappa shape index (κ1) is 17.1. The van der Waals surface area contributed by atoms with Crippen molar-refractivity contribution in [1.29, 1.82) is 5.26 Å². The molecule has 0 unspecified atom stereocenters. The van der Waals surface area contributed by atoms with Crippen LogP contribution in [0.4, 0.5) is 10.5 Å². The molecule has 4 rings (SSSR count). The van der Waals surface area contributed by atoms with Crippen LogP contribution in [0.5, 0.6) is 0 Å². The molecule has 3 aromatic rings. The Morgan fingerprint density at radius 3 is 2.33 bits per heavy atom. The predicted octanol–water partition coefficient (Wildman–Crippen LogP) is 4.93. The number of nitrogens with zero attached hydrogens (tertiary/aromatic N) is 2. The van der Waals surface area contributed by atoms with Gasteiger partial charge in [0.2, 0.25) is 0 Å². The first-order valence-corrected chi connectivity index (χ1v) is 9.22. The Kier molecular flexibility index (Phi) is 4.52. The highest BCUT2D eigenvalue weighted by Gasteiger charge is 2.37. The van der Waals surface area contributed by atoms with Gasteiger partial charge in [0.15, 0.2) is 0 Å². The minimum Gasteiger partial charge on any atom is -0.324 e. The number of amides is 2. The maximum atomic E-state index is 12.8. The van der Waals surface area contributed by atoms with E-state index in [0.717, 1.165) is 22.0 Å². The molecule has 4 nitrogen and oxygen atoms in total. The molecule has 4 heteroatoms. The van der Waals surface area contributed by atoms with Gasteiger partial charge in [-0.25, -0.2) is 4.79 Å².